The van der Waals surface area contributed by atoms with E-state index in [9.17, 15) is 10.2 Å². The largest absolute Gasteiger partial charge is 2.00 e. The molecule has 13 heteroatoms. The van der Waals surface area contributed by atoms with Crippen molar-refractivity contribution in [2.75, 3.05) is 0 Å². The van der Waals surface area contributed by atoms with Crippen LogP contribution < -0.4 is 0 Å². The first-order valence-corrected chi connectivity index (χ1v) is 9.83. The average Bonchev–Trinajstić information content (AvgIpc) is 3.55. The van der Waals surface area contributed by atoms with Crippen molar-refractivity contribution in [3.05, 3.63) is 108 Å². The van der Waals surface area contributed by atoms with E-state index in [1.54, 1.807) is 60.7 Å². The molecule has 12 nitrogen and oxygen atoms in total. The summed E-state index contributed by atoms with van der Waals surface area (Å²) in [4.78, 5) is 0. The van der Waals surface area contributed by atoms with Gasteiger partial charge < -0.3 is 40.2 Å². The van der Waals surface area contributed by atoms with Crippen LogP contribution in [0.5, 0.6) is 11.5 Å². The van der Waals surface area contributed by atoms with E-state index in [1.807, 2.05) is 0 Å². The van der Waals surface area contributed by atoms with E-state index < -0.39 is 0 Å². The average molecular weight is 560 g/mol. The Bertz CT molecular complexity index is 1200. The van der Waals surface area contributed by atoms with Gasteiger partial charge in [-0.25, -0.2) is 0 Å². The van der Waals surface area contributed by atoms with E-state index in [2.05, 4.69) is 20.4 Å². The van der Waals surface area contributed by atoms with Gasteiger partial charge in [0.2, 0.25) is 0 Å². The SMILES string of the molecule is Oc1ccccc1/C([OH2+])=N/N=Cc1ccco1.Oc1ccccc1/C([OH2+])=N/N=Cc1ccco1.[Cu+2].[OH-].[OH-]. The molecule has 2 heterocycles. The second-order valence-electron chi connectivity index (χ2n) is 6.45. The van der Waals surface area contributed by atoms with Crippen molar-refractivity contribution < 1.29 is 57.3 Å². The van der Waals surface area contributed by atoms with Crippen molar-refractivity contribution in [3.8, 4) is 11.5 Å². The summed E-state index contributed by atoms with van der Waals surface area (Å²) in [5.74, 6) is 0.915. The van der Waals surface area contributed by atoms with Gasteiger partial charge in [0, 0.05) is 0 Å². The fourth-order valence-corrected chi connectivity index (χ4v) is 2.47. The molecule has 1 radical (unpaired) electrons. The Morgan fingerprint density at radius 1 is 0.622 bits per heavy atom. The molecule has 0 saturated heterocycles. The molecule has 0 aliphatic carbocycles. The fourth-order valence-electron chi connectivity index (χ4n) is 2.47. The maximum absolute atomic E-state index is 9.49. The Morgan fingerprint density at radius 3 is 1.32 bits per heavy atom. The molecule has 8 N–H and O–H groups in total. The molecule has 2 aromatic heterocycles. The van der Waals surface area contributed by atoms with E-state index in [-0.39, 0.29) is 51.3 Å². The number of nitrogens with zero attached hydrogens (tertiary/aromatic N) is 4. The van der Waals surface area contributed by atoms with Gasteiger partial charge in [-0.15, -0.1) is 10.2 Å². The smallest absolute Gasteiger partial charge is 0.870 e. The van der Waals surface area contributed by atoms with Crippen LogP contribution in [0, 0.1) is 0 Å². The van der Waals surface area contributed by atoms with Gasteiger partial charge in [-0.1, -0.05) is 34.5 Å². The van der Waals surface area contributed by atoms with Gasteiger partial charge in [0.15, 0.2) is 0 Å². The molecular weight excluding hydrogens is 536 g/mol. The van der Waals surface area contributed by atoms with Gasteiger partial charge in [-0.3, -0.25) is 0 Å². The Hall–Kier alpha value is -4.68. The van der Waals surface area contributed by atoms with Crippen LogP contribution in [0.3, 0.4) is 0 Å². The molecule has 0 aliphatic heterocycles. The van der Waals surface area contributed by atoms with Crippen LogP contribution >= 0.6 is 0 Å². The standard InChI is InChI=1S/2C12H10N2O3.Cu.2H2O/c2*15-11-6-2-1-5-10(11)12(16)14-13-8-9-4-3-7-17-9;;;/h2*1-8,15H,(H,14,16);;2*1H2/q;;+2;;. The van der Waals surface area contributed by atoms with Crippen LogP contribution in [-0.2, 0) is 17.1 Å². The van der Waals surface area contributed by atoms with Crippen LogP contribution in [0.1, 0.15) is 22.6 Å². The van der Waals surface area contributed by atoms with E-state index in [4.69, 9.17) is 19.0 Å². The van der Waals surface area contributed by atoms with Crippen molar-refractivity contribution >= 4 is 24.2 Å². The van der Waals surface area contributed by atoms with Gasteiger partial charge >= 0.3 is 28.9 Å². The summed E-state index contributed by atoms with van der Waals surface area (Å²) in [7, 11) is 0. The van der Waals surface area contributed by atoms with Crippen molar-refractivity contribution in [3.63, 3.8) is 0 Å². The normalized spacial score (nSPS) is 11.1. The van der Waals surface area contributed by atoms with Gasteiger partial charge in [-0.05, 0) is 48.5 Å². The minimum atomic E-state index is -0.106. The van der Waals surface area contributed by atoms with Gasteiger partial charge in [0.25, 0.3) is 0 Å². The maximum atomic E-state index is 9.49. The van der Waals surface area contributed by atoms with Crippen molar-refractivity contribution in [2.45, 2.75) is 0 Å². The molecule has 2 aromatic carbocycles. The van der Waals surface area contributed by atoms with Crippen molar-refractivity contribution in [2.24, 2.45) is 20.4 Å². The van der Waals surface area contributed by atoms with E-state index in [1.165, 1.54) is 37.1 Å². The number of hydrogen-bond donors (Lipinski definition) is 2. The Balaban J connectivity index is 0.000000648. The molecular formula is C24H24CuN4O8+2. The van der Waals surface area contributed by atoms with Gasteiger partial charge in [0.1, 0.15) is 34.1 Å². The molecule has 4 rings (SSSR count). The summed E-state index contributed by atoms with van der Waals surface area (Å²) >= 11 is 0. The predicted molar refractivity (Wildman–Crippen MR) is 133 cm³/mol. The third-order valence-corrected chi connectivity index (χ3v) is 4.09. The Kier molecular flexibility index (Phi) is 14.7. The van der Waals surface area contributed by atoms with Crippen molar-refractivity contribution in [1.29, 1.82) is 0 Å². The quantitative estimate of drug-likeness (QED) is 0.119. The molecule has 0 atom stereocenters. The second-order valence-corrected chi connectivity index (χ2v) is 6.45. The zero-order valence-corrected chi connectivity index (χ0v) is 19.9. The summed E-state index contributed by atoms with van der Waals surface area (Å²) in [6, 6.07) is 19.9. The molecule has 0 spiro atoms. The predicted octanol–water partition coefficient (Wildman–Crippen LogP) is 2.62. The number of phenolic OH excluding ortho intramolecular Hbond substituents is 2. The maximum Gasteiger partial charge on any atom is 2.00 e. The van der Waals surface area contributed by atoms with Crippen LogP contribution in [-0.4, -0.2) is 55.6 Å². The first-order chi connectivity index (χ1) is 16.5. The summed E-state index contributed by atoms with van der Waals surface area (Å²) in [6.07, 6.45) is 5.84. The number of hydrogen-bond acceptors (Lipinski definition) is 10. The summed E-state index contributed by atoms with van der Waals surface area (Å²) in [6.45, 7) is 0. The van der Waals surface area contributed by atoms with Crippen LogP contribution in [0.25, 0.3) is 0 Å². The number of benzene rings is 2. The third kappa shape index (κ3) is 10.2. The first kappa shape index (κ1) is 32.3. The topological polar surface area (TPSA) is 222 Å². The van der Waals surface area contributed by atoms with Crippen LogP contribution in [0.2, 0.25) is 0 Å². The minimum Gasteiger partial charge on any atom is -0.870 e. The Labute approximate surface area is 221 Å². The van der Waals surface area contributed by atoms with E-state index in [0.29, 0.717) is 22.6 Å². The molecule has 0 fully saturated rings. The van der Waals surface area contributed by atoms with Gasteiger partial charge in [0.05, 0.1) is 25.0 Å². The fraction of sp³-hybridized carbons (Fsp3) is 0. The van der Waals surface area contributed by atoms with Crippen LogP contribution in [0.15, 0.2) is 115 Å². The second kappa shape index (κ2) is 16.9. The zero-order chi connectivity index (χ0) is 24.2. The summed E-state index contributed by atoms with van der Waals surface area (Å²) in [5.41, 5.74) is 0.674. The summed E-state index contributed by atoms with van der Waals surface area (Å²) in [5, 5.41) is 49.0. The molecule has 0 saturated carbocycles. The van der Waals surface area contributed by atoms with Crippen LogP contribution in [0.4, 0.5) is 0 Å². The zero-order valence-electron chi connectivity index (χ0n) is 18.9. The monoisotopic (exact) mass is 559 g/mol. The van der Waals surface area contributed by atoms with Crippen molar-refractivity contribution in [1.82, 2.24) is 0 Å². The molecule has 37 heavy (non-hydrogen) atoms. The number of rotatable bonds is 6. The minimum absolute atomic E-state index is 0. The Morgan fingerprint density at radius 2 is 1.00 bits per heavy atom. The molecule has 0 aliphatic rings. The molecule has 0 bridgehead atoms. The molecule has 4 aromatic rings. The molecule has 0 unspecified atom stereocenters. The third-order valence-electron chi connectivity index (χ3n) is 4.09. The summed E-state index contributed by atoms with van der Waals surface area (Å²) < 4.78 is 10.0. The number of para-hydroxylation sites is 2. The van der Waals surface area contributed by atoms with E-state index >= 15 is 0 Å². The number of aromatic hydroxyl groups is 2. The first-order valence-electron chi connectivity index (χ1n) is 9.83. The van der Waals surface area contributed by atoms with E-state index in [0.717, 1.165) is 0 Å². The number of phenols is 2. The molecule has 197 valence electrons. The van der Waals surface area contributed by atoms with Gasteiger partial charge in [-0.2, -0.15) is 0 Å². The number of furan rings is 2. The molecule has 0 amide bonds.